The highest BCUT2D eigenvalue weighted by molar-refractivity contribution is 5.79. The van der Waals surface area contributed by atoms with Gasteiger partial charge in [-0.1, -0.05) is 0 Å². The highest BCUT2D eigenvalue weighted by atomic mass is 19.3. The van der Waals surface area contributed by atoms with Crippen LogP contribution in [0.2, 0.25) is 0 Å². The largest absolute Gasteiger partial charge is 0.355 e. The molecule has 2 rings (SSSR count). The summed E-state index contributed by atoms with van der Waals surface area (Å²) in [5.74, 6) is 0.314. The van der Waals surface area contributed by atoms with E-state index in [0.29, 0.717) is 34.1 Å². The minimum Gasteiger partial charge on any atom is -0.355 e. The van der Waals surface area contributed by atoms with Gasteiger partial charge >= 0.3 is 6.55 Å². The number of carbonyl (C=O) groups excluding carboxylic acids is 1. The fourth-order valence-corrected chi connectivity index (χ4v) is 2.72. The van der Waals surface area contributed by atoms with Crippen LogP contribution in [-0.4, -0.2) is 35.3 Å². The fraction of sp³-hybridized carbons (Fsp3) is 0.714. The highest BCUT2D eigenvalue weighted by Gasteiger charge is 2.20. The Morgan fingerprint density at radius 2 is 2.29 bits per heavy atom. The molecule has 0 spiro atoms. The van der Waals surface area contributed by atoms with E-state index in [1.807, 2.05) is 0 Å². The first kappa shape index (κ1) is 15.9. The van der Waals surface area contributed by atoms with E-state index in [9.17, 15) is 13.6 Å². The molecule has 2 N–H and O–H groups in total. The maximum Gasteiger partial charge on any atom is 0.333 e. The summed E-state index contributed by atoms with van der Waals surface area (Å²) in [6, 6.07) is 0. The summed E-state index contributed by atoms with van der Waals surface area (Å²) in [5, 5.41) is 9.97. The molecule has 7 heteroatoms. The van der Waals surface area contributed by atoms with Gasteiger partial charge in [0.1, 0.15) is 0 Å². The third-order valence-corrected chi connectivity index (χ3v) is 3.98. The molecule has 0 radical (unpaired) electrons. The third kappa shape index (κ3) is 4.00. The molecule has 1 aromatic heterocycles. The first-order valence-electron chi connectivity index (χ1n) is 7.29. The van der Waals surface area contributed by atoms with Crippen LogP contribution in [-0.2, 0) is 11.2 Å². The number of piperidine rings is 1. The Balaban J connectivity index is 1.90. The average molecular weight is 300 g/mol. The van der Waals surface area contributed by atoms with Gasteiger partial charge in [0.2, 0.25) is 5.91 Å². The van der Waals surface area contributed by atoms with Gasteiger partial charge in [-0.25, -0.2) is 4.68 Å². The first-order valence-corrected chi connectivity index (χ1v) is 7.29. The second kappa shape index (κ2) is 6.98. The number of aromatic nitrogens is 2. The molecule has 0 bridgehead atoms. The Hall–Kier alpha value is -1.50. The zero-order valence-electron chi connectivity index (χ0n) is 12.5. The standard InChI is InChI=1S/C14H22F2N4O/c1-9-12(10(2)20(19-9)14(15)16)6-13(21)18-8-11-4-3-5-17-7-11/h11,14,17H,3-8H2,1-2H3,(H,18,21). The molecule has 21 heavy (non-hydrogen) atoms. The zero-order chi connectivity index (χ0) is 15.4. The van der Waals surface area contributed by atoms with Gasteiger partial charge in [0.15, 0.2) is 0 Å². The second-order valence-corrected chi connectivity index (χ2v) is 5.56. The Morgan fingerprint density at radius 3 is 2.86 bits per heavy atom. The quantitative estimate of drug-likeness (QED) is 0.867. The van der Waals surface area contributed by atoms with Gasteiger partial charge in [0.25, 0.3) is 0 Å². The number of hydrogen-bond acceptors (Lipinski definition) is 3. The van der Waals surface area contributed by atoms with Gasteiger partial charge < -0.3 is 10.6 Å². The maximum atomic E-state index is 12.7. The van der Waals surface area contributed by atoms with Crippen LogP contribution in [0.4, 0.5) is 8.78 Å². The fourth-order valence-electron chi connectivity index (χ4n) is 2.72. The molecule has 118 valence electrons. The van der Waals surface area contributed by atoms with Gasteiger partial charge in [0, 0.05) is 17.8 Å². The SMILES string of the molecule is Cc1nn(C(F)F)c(C)c1CC(=O)NCC1CCCNC1. The van der Waals surface area contributed by atoms with Crippen molar-refractivity contribution in [1.82, 2.24) is 20.4 Å². The lowest BCUT2D eigenvalue weighted by Crippen LogP contribution is -2.38. The molecule has 0 aliphatic carbocycles. The van der Waals surface area contributed by atoms with Crippen molar-refractivity contribution in [3.8, 4) is 0 Å². The van der Waals surface area contributed by atoms with E-state index in [1.54, 1.807) is 13.8 Å². The van der Waals surface area contributed by atoms with E-state index >= 15 is 0 Å². The van der Waals surface area contributed by atoms with Gasteiger partial charge in [-0.05, 0) is 45.7 Å². The molecule has 1 fully saturated rings. The minimum atomic E-state index is -2.67. The summed E-state index contributed by atoms with van der Waals surface area (Å²) >= 11 is 0. The van der Waals surface area contributed by atoms with Crippen molar-refractivity contribution in [2.24, 2.45) is 5.92 Å². The van der Waals surface area contributed by atoms with Crippen LogP contribution in [0.3, 0.4) is 0 Å². The highest BCUT2D eigenvalue weighted by Crippen LogP contribution is 2.19. The van der Waals surface area contributed by atoms with Gasteiger partial charge in [0.05, 0.1) is 12.1 Å². The Labute approximate surface area is 123 Å². The van der Waals surface area contributed by atoms with E-state index in [-0.39, 0.29) is 12.3 Å². The zero-order valence-corrected chi connectivity index (χ0v) is 12.5. The number of aryl methyl sites for hydroxylation is 1. The number of hydrogen-bond donors (Lipinski definition) is 2. The number of alkyl halides is 2. The Bertz CT molecular complexity index is 495. The molecule has 1 amide bonds. The lowest BCUT2D eigenvalue weighted by atomic mass is 9.99. The topological polar surface area (TPSA) is 59.0 Å². The normalized spacial score (nSPS) is 19.0. The average Bonchev–Trinajstić information content (AvgIpc) is 2.74. The summed E-state index contributed by atoms with van der Waals surface area (Å²) in [6.45, 7) is 3.14. The van der Waals surface area contributed by atoms with Crippen LogP contribution in [0.1, 0.15) is 36.3 Å². The summed E-state index contributed by atoms with van der Waals surface area (Å²) in [7, 11) is 0. The van der Waals surface area contributed by atoms with Crippen LogP contribution in [0.25, 0.3) is 0 Å². The molecule has 1 unspecified atom stereocenters. The molecule has 1 atom stereocenters. The Morgan fingerprint density at radius 1 is 1.52 bits per heavy atom. The molecular weight excluding hydrogens is 278 g/mol. The lowest BCUT2D eigenvalue weighted by Gasteiger charge is -2.22. The van der Waals surface area contributed by atoms with Crippen molar-refractivity contribution in [3.63, 3.8) is 0 Å². The molecule has 1 saturated heterocycles. The summed E-state index contributed by atoms with van der Waals surface area (Å²) in [4.78, 5) is 12.0. The summed E-state index contributed by atoms with van der Waals surface area (Å²) in [6.07, 6.45) is 2.33. The molecule has 1 aliphatic rings. The van der Waals surface area contributed by atoms with Gasteiger partial charge in [-0.2, -0.15) is 13.9 Å². The maximum absolute atomic E-state index is 12.7. The van der Waals surface area contributed by atoms with Crippen LogP contribution in [0, 0.1) is 19.8 Å². The number of nitrogens with zero attached hydrogens (tertiary/aromatic N) is 2. The molecular formula is C14H22F2N4O. The van der Waals surface area contributed by atoms with E-state index in [0.717, 1.165) is 25.9 Å². The predicted octanol–water partition coefficient (Wildman–Crippen LogP) is 1.55. The van der Waals surface area contributed by atoms with Crippen molar-refractivity contribution < 1.29 is 13.6 Å². The smallest absolute Gasteiger partial charge is 0.333 e. The summed E-state index contributed by atoms with van der Waals surface area (Å²) < 4.78 is 26.2. The third-order valence-electron chi connectivity index (χ3n) is 3.98. The van der Waals surface area contributed by atoms with E-state index in [2.05, 4.69) is 15.7 Å². The number of rotatable bonds is 5. The molecule has 5 nitrogen and oxygen atoms in total. The second-order valence-electron chi connectivity index (χ2n) is 5.56. The molecule has 0 aromatic carbocycles. The van der Waals surface area contributed by atoms with Crippen LogP contribution >= 0.6 is 0 Å². The summed E-state index contributed by atoms with van der Waals surface area (Å²) in [5.41, 5.74) is 1.44. The molecule has 1 aromatic rings. The number of nitrogens with one attached hydrogen (secondary N) is 2. The number of carbonyl (C=O) groups is 1. The van der Waals surface area contributed by atoms with E-state index < -0.39 is 6.55 Å². The number of halogens is 2. The van der Waals surface area contributed by atoms with Crippen molar-refractivity contribution in [1.29, 1.82) is 0 Å². The van der Waals surface area contributed by atoms with Crippen molar-refractivity contribution in [3.05, 3.63) is 17.0 Å². The van der Waals surface area contributed by atoms with Crippen molar-refractivity contribution in [2.45, 2.75) is 39.7 Å². The van der Waals surface area contributed by atoms with Crippen LogP contribution in [0.5, 0.6) is 0 Å². The van der Waals surface area contributed by atoms with Crippen LogP contribution < -0.4 is 10.6 Å². The molecule has 0 saturated carbocycles. The van der Waals surface area contributed by atoms with Gasteiger partial charge in [-0.3, -0.25) is 4.79 Å². The Kier molecular flexibility index (Phi) is 5.27. The predicted molar refractivity (Wildman–Crippen MR) is 75.3 cm³/mol. The lowest BCUT2D eigenvalue weighted by molar-refractivity contribution is -0.120. The minimum absolute atomic E-state index is 0.102. The monoisotopic (exact) mass is 300 g/mol. The number of amides is 1. The molecule has 1 aliphatic heterocycles. The van der Waals surface area contributed by atoms with E-state index in [1.165, 1.54) is 0 Å². The first-order chi connectivity index (χ1) is 9.99. The van der Waals surface area contributed by atoms with Crippen LogP contribution in [0.15, 0.2) is 0 Å². The van der Waals surface area contributed by atoms with Crippen molar-refractivity contribution >= 4 is 5.91 Å². The molecule has 2 heterocycles. The van der Waals surface area contributed by atoms with E-state index in [4.69, 9.17) is 0 Å². The van der Waals surface area contributed by atoms with Crippen molar-refractivity contribution in [2.75, 3.05) is 19.6 Å². The van der Waals surface area contributed by atoms with Gasteiger partial charge in [-0.15, -0.1) is 0 Å².